The van der Waals surface area contributed by atoms with E-state index in [1.54, 1.807) is 0 Å². The van der Waals surface area contributed by atoms with Gasteiger partial charge in [0, 0.05) is 55.9 Å². The Morgan fingerprint density at radius 3 is 2.43 bits per heavy atom. The molecular formula is C23H28N4O. The summed E-state index contributed by atoms with van der Waals surface area (Å²) in [6.07, 6.45) is 9.65. The number of hydrogen-bond donors (Lipinski definition) is 0. The van der Waals surface area contributed by atoms with Crippen LogP contribution in [0.4, 0.5) is 5.69 Å². The van der Waals surface area contributed by atoms with Crippen LogP contribution >= 0.6 is 0 Å². The van der Waals surface area contributed by atoms with Gasteiger partial charge in [0.15, 0.2) is 0 Å². The van der Waals surface area contributed by atoms with Crippen molar-refractivity contribution in [3.8, 4) is 0 Å². The number of hydrogen-bond acceptors (Lipinski definition) is 4. The van der Waals surface area contributed by atoms with Crippen LogP contribution in [0.15, 0.2) is 48.3 Å². The summed E-state index contributed by atoms with van der Waals surface area (Å²) in [5.74, 6) is 0.518. The highest BCUT2D eigenvalue weighted by Gasteiger charge is 2.29. The lowest BCUT2D eigenvalue weighted by Gasteiger charge is -2.37. The van der Waals surface area contributed by atoms with Crippen molar-refractivity contribution in [1.82, 2.24) is 14.9 Å². The monoisotopic (exact) mass is 376 g/mol. The van der Waals surface area contributed by atoms with E-state index in [2.05, 4.69) is 25.8 Å². The Labute approximate surface area is 167 Å². The van der Waals surface area contributed by atoms with Gasteiger partial charge in [-0.15, -0.1) is 0 Å². The summed E-state index contributed by atoms with van der Waals surface area (Å²) < 4.78 is 0. The van der Waals surface area contributed by atoms with E-state index in [0.717, 1.165) is 63.3 Å². The third-order valence-corrected chi connectivity index (χ3v) is 5.85. The standard InChI is InChI=1S/C23H28N4O/c1-18-3-2-4-21(25-18)17-19-7-13-27(14-8-19)23(28)20-9-15-26(16-10-20)22-5-11-24-12-6-22/h2-6,11-12,17,20H,7-10,13-16H2,1H3. The van der Waals surface area contributed by atoms with E-state index in [9.17, 15) is 4.79 Å². The van der Waals surface area contributed by atoms with E-state index in [0.29, 0.717) is 5.91 Å². The maximum absolute atomic E-state index is 13.0. The predicted octanol–water partition coefficient (Wildman–Crippen LogP) is 3.71. The minimum atomic E-state index is 0.169. The second-order valence-corrected chi connectivity index (χ2v) is 7.80. The van der Waals surface area contributed by atoms with Crippen molar-refractivity contribution in [1.29, 1.82) is 0 Å². The molecule has 0 aromatic carbocycles. The summed E-state index contributed by atoms with van der Waals surface area (Å²) in [6, 6.07) is 10.2. The lowest BCUT2D eigenvalue weighted by atomic mass is 9.93. The molecule has 28 heavy (non-hydrogen) atoms. The Morgan fingerprint density at radius 2 is 1.75 bits per heavy atom. The van der Waals surface area contributed by atoms with E-state index < -0.39 is 0 Å². The van der Waals surface area contributed by atoms with Gasteiger partial charge in [0.25, 0.3) is 0 Å². The maximum Gasteiger partial charge on any atom is 0.225 e. The van der Waals surface area contributed by atoms with Gasteiger partial charge in [-0.2, -0.15) is 0 Å². The molecule has 5 nitrogen and oxygen atoms in total. The van der Waals surface area contributed by atoms with Crippen LogP contribution in [0.3, 0.4) is 0 Å². The quantitative estimate of drug-likeness (QED) is 0.819. The summed E-state index contributed by atoms with van der Waals surface area (Å²) in [5, 5.41) is 0. The number of amides is 1. The van der Waals surface area contributed by atoms with Crippen LogP contribution in [0.2, 0.25) is 0 Å². The van der Waals surface area contributed by atoms with Gasteiger partial charge in [0.05, 0.1) is 5.69 Å². The van der Waals surface area contributed by atoms with Crippen molar-refractivity contribution < 1.29 is 4.79 Å². The zero-order valence-electron chi connectivity index (χ0n) is 16.6. The Hall–Kier alpha value is -2.69. The van der Waals surface area contributed by atoms with E-state index >= 15 is 0 Å². The van der Waals surface area contributed by atoms with Crippen molar-refractivity contribution >= 4 is 17.7 Å². The molecule has 0 N–H and O–H groups in total. The SMILES string of the molecule is Cc1cccc(C=C2CCN(C(=O)C3CCN(c4ccncc4)CC3)CC2)n1. The minimum absolute atomic E-state index is 0.169. The van der Waals surface area contributed by atoms with Gasteiger partial charge in [-0.1, -0.05) is 11.6 Å². The number of rotatable bonds is 3. The second kappa shape index (κ2) is 8.55. The third kappa shape index (κ3) is 4.41. The molecule has 0 unspecified atom stereocenters. The first-order valence-electron chi connectivity index (χ1n) is 10.3. The highest BCUT2D eigenvalue weighted by molar-refractivity contribution is 5.79. The number of likely N-dealkylation sites (tertiary alicyclic amines) is 1. The van der Waals surface area contributed by atoms with Gasteiger partial charge >= 0.3 is 0 Å². The second-order valence-electron chi connectivity index (χ2n) is 7.80. The van der Waals surface area contributed by atoms with Crippen LogP contribution in [0.1, 0.15) is 37.1 Å². The molecule has 2 aliphatic rings. The van der Waals surface area contributed by atoms with Gasteiger partial charge in [0.1, 0.15) is 0 Å². The van der Waals surface area contributed by atoms with Gasteiger partial charge in [-0.05, 0) is 62.9 Å². The number of carbonyl (C=O) groups is 1. The molecule has 4 rings (SSSR count). The third-order valence-electron chi connectivity index (χ3n) is 5.85. The molecule has 2 aromatic rings. The molecule has 2 fully saturated rings. The number of piperidine rings is 2. The summed E-state index contributed by atoms with van der Waals surface area (Å²) in [6.45, 7) is 5.57. The lowest BCUT2D eigenvalue weighted by Crippen LogP contribution is -2.44. The summed E-state index contributed by atoms with van der Waals surface area (Å²) in [4.78, 5) is 26.1. The summed E-state index contributed by atoms with van der Waals surface area (Å²) in [5.41, 5.74) is 4.67. The number of carbonyl (C=O) groups excluding carboxylic acids is 1. The molecule has 2 aromatic heterocycles. The van der Waals surface area contributed by atoms with Crippen molar-refractivity contribution in [2.45, 2.75) is 32.6 Å². The lowest BCUT2D eigenvalue weighted by molar-refractivity contribution is -0.136. The van der Waals surface area contributed by atoms with Gasteiger partial charge in [-0.3, -0.25) is 14.8 Å². The predicted molar refractivity (Wildman–Crippen MR) is 112 cm³/mol. The van der Waals surface area contributed by atoms with Gasteiger partial charge in [0.2, 0.25) is 5.91 Å². The molecule has 4 heterocycles. The fourth-order valence-electron chi connectivity index (χ4n) is 4.21. The molecule has 5 heteroatoms. The highest BCUT2D eigenvalue weighted by atomic mass is 16.2. The van der Waals surface area contributed by atoms with Crippen LogP contribution in [0.25, 0.3) is 6.08 Å². The van der Waals surface area contributed by atoms with E-state index in [1.165, 1.54) is 11.3 Å². The summed E-state index contributed by atoms with van der Waals surface area (Å²) >= 11 is 0. The molecule has 146 valence electrons. The largest absolute Gasteiger partial charge is 0.371 e. The van der Waals surface area contributed by atoms with Crippen LogP contribution in [-0.2, 0) is 4.79 Å². The smallest absolute Gasteiger partial charge is 0.225 e. The average molecular weight is 377 g/mol. The molecule has 0 saturated carbocycles. The molecular weight excluding hydrogens is 348 g/mol. The Kier molecular flexibility index (Phi) is 5.70. The molecule has 2 aliphatic heterocycles. The van der Waals surface area contributed by atoms with E-state index in [-0.39, 0.29) is 5.92 Å². The molecule has 1 amide bonds. The first kappa shape index (κ1) is 18.7. The Bertz CT molecular complexity index is 831. The molecule has 0 atom stereocenters. The van der Waals surface area contributed by atoms with Crippen LogP contribution in [0.5, 0.6) is 0 Å². The molecule has 2 saturated heterocycles. The number of aromatic nitrogens is 2. The van der Waals surface area contributed by atoms with Crippen molar-refractivity contribution in [2.75, 3.05) is 31.1 Å². The van der Waals surface area contributed by atoms with Crippen LogP contribution in [0, 0.1) is 12.8 Å². The zero-order chi connectivity index (χ0) is 19.3. The van der Waals surface area contributed by atoms with Crippen molar-refractivity contribution in [3.05, 3.63) is 59.7 Å². The number of pyridine rings is 2. The van der Waals surface area contributed by atoms with Crippen LogP contribution < -0.4 is 4.90 Å². The Morgan fingerprint density at radius 1 is 1.04 bits per heavy atom. The Balaban J connectivity index is 1.29. The molecule has 0 aliphatic carbocycles. The number of anilines is 1. The average Bonchev–Trinajstić information content (AvgIpc) is 2.75. The first-order valence-corrected chi connectivity index (χ1v) is 10.3. The van der Waals surface area contributed by atoms with E-state index in [1.807, 2.05) is 49.6 Å². The van der Waals surface area contributed by atoms with Crippen LogP contribution in [-0.4, -0.2) is 47.0 Å². The van der Waals surface area contributed by atoms with Gasteiger partial charge < -0.3 is 9.80 Å². The molecule has 0 bridgehead atoms. The zero-order valence-corrected chi connectivity index (χ0v) is 16.6. The van der Waals surface area contributed by atoms with Gasteiger partial charge in [-0.25, -0.2) is 0 Å². The summed E-state index contributed by atoms with van der Waals surface area (Å²) in [7, 11) is 0. The van der Waals surface area contributed by atoms with Crippen molar-refractivity contribution in [3.63, 3.8) is 0 Å². The first-order chi connectivity index (χ1) is 13.7. The number of aryl methyl sites for hydroxylation is 1. The molecule has 0 spiro atoms. The van der Waals surface area contributed by atoms with E-state index in [4.69, 9.17) is 0 Å². The highest BCUT2D eigenvalue weighted by Crippen LogP contribution is 2.26. The topological polar surface area (TPSA) is 49.3 Å². The fraction of sp³-hybridized carbons (Fsp3) is 0.435. The fourth-order valence-corrected chi connectivity index (χ4v) is 4.21. The normalized spacial score (nSPS) is 18.2. The number of nitrogens with zero attached hydrogens (tertiary/aromatic N) is 4. The van der Waals surface area contributed by atoms with Crippen molar-refractivity contribution in [2.24, 2.45) is 5.92 Å². The minimum Gasteiger partial charge on any atom is -0.371 e. The molecule has 0 radical (unpaired) electrons. The maximum atomic E-state index is 13.0.